The number of carbonyl (C=O) groups is 1. The summed E-state index contributed by atoms with van der Waals surface area (Å²) in [6.07, 6.45) is 0. The molecule has 0 bridgehead atoms. The predicted octanol–water partition coefficient (Wildman–Crippen LogP) is 1.95. The molecule has 0 fully saturated rings. The molecule has 1 unspecified atom stereocenters. The van der Waals surface area contributed by atoms with E-state index in [1.807, 2.05) is 0 Å². The molecule has 1 aromatic heterocycles. The molecule has 2 aromatic rings. The first kappa shape index (κ1) is 13.2. The molecule has 0 amide bonds. The molecule has 1 heterocycles. The van der Waals surface area contributed by atoms with E-state index in [0.29, 0.717) is 11.4 Å². The maximum atomic E-state index is 13.3. The van der Waals surface area contributed by atoms with Crippen LogP contribution in [-0.4, -0.2) is 27.8 Å². The Morgan fingerprint density at radius 1 is 1.53 bits per heavy atom. The van der Waals surface area contributed by atoms with Gasteiger partial charge in [0, 0.05) is 0 Å². The molecular formula is C13H14FN3O2. The van der Waals surface area contributed by atoms with Crippen LogP contribution < -0.4 is 0 Å². The lowest BCUT2D eigenvalue weighted by molar-refractivity contribution is -0.144. The maximum absolute atomic E-state index is 13.3. The van der Waals surface area contributed by atoms with Gasteiger partial charge in [-0.05, 0) is 31.5 Å². The van der Waals surface area contributed by atoms with Gasteiger partial charge >= 0.3 is 5.97 Å². The van der Waals surface area contributed by atoms with E-state index in [4.69, 9.17) is 4.74 Å². The van der Waals surface area contributed by atoms with Gasteiger partial charge in [-0.3, -0.25) is 9.89 Å². The highest BCUT2D eigenvalue weighted by molar-refractivity contribution is 5.81. The zero-order chi connectivity index (χ0) is 13.8. The van der Waals surface area contributed by atoms with E-state index in [9.17, 15) is 9.18 Å². The summed E-state index contributed by atoms with van der Waals surface area (Å²) in [6.45, 7) is 3.68. The van der Waals surface area contributed by atoms with Gasteiger partial charge in [0.15, 0.2) is 5.82 Å². The molecule has 1 N–H and O–H groups in total. The number of rotatable bonds is 4. The van der Waals surface area contributed by atoms with Crippen molar-refractivity contribution in [2.45, 2.75) is 19.8 Å². The number of aromatic amines is 1. The van der Waals surface area contributed by atoms with Crippen molar-refractivity contribution < 1.29 is 13.9 Å². The zero-order valence-corrected chi connectivity index (χ0v) is 10.7. The van der Waals surface area contributed by atoms with Crippen LogP contribution >= 0.6 is 0 Å². The smallest absolute Gasteiger partial charge is 0.321 e. The largest absolute Gasteiger partial charge is 0.465 e. The summed E-state index contributed by atoms with van der Waals surface area (Å²) in [6, 6.07) is 5.79. The van der Waals surface area contributed by atoms with E-state index in [2.05, 4.69) is 15.2 Å². The lowest BCUT2D eigenvalue weighted by Gasteiger charge is -2.12. The predicted molar refractivity (Wildman–Crippen MR) is 66.0 cm³/mol. The lowest BCUT2D eigenvalue weighted by atomic mass is 9.98. The molecule has 1 atom stereocenters. The highest BCUT2D eigenvalue weighted by atomic mass is 19.1. The second-order valence-electron chi connectivity index (χ2n) is 4.02. The Morgan fingerprint density at radius 3 is 2.89 bits per heavy atom. The number of carbonyl (C=O) groups excluding carboxylic acids is 1. The third kappa shape index (κ3) is 2.96. The number of esters is 1. The fourth-order valence-corrected chi connectivity index (χ4v) is 1.79. The van der Waals surface area contributed by atoms with Crippen LogP contribution in [0.4, 0.5) is 4.39 Å². The van der Waals surface area contributed by atoms with Crippen molar-refractivity contribution >= 4 is 5.97 Å². The van der Waals surface area contributed by atoms with Gasteiger partial charge in [0.2, 0.25) is 0 Å². The van der Waals surface area contributed by atoms with Gasteiger partial charge in [0.1, 0.15) is 17.6 Å². The topological polar surface area (TPSA) is 67.9 Å². The van der Waals surface area contributed by atoms with Gasteiger partial charge < -0.3 is 4.74 Å². The van der Waals surface area contributed by atoms with Gasteiger partial charge in [-0.1, -0.05) is 12.1 Å². The van der Waals surface area contributed by atoms with Crippen LogP contribution in [0.5, 0.6) is 0 Å². The van der Waals surface area contributed by atoms with Crippen molar-refractivity contribution in [1.82, 2.24) is 15.2 Å². The number of aryl methyl sites for hydroxylation is 1. The van der Waals surface area contributed by atoms with E-state index in [-0.39, 0.29) is 12.4 Å². The van der Waals surface area contributed by atoms with Crippen LogP contribution in [0.1, 0.15) is 30.1 Å². The molecule has 0 aliphatic heterocycles. The molecule has 0 aliphatic rings. The Morgan fingerprint density at radius 2 is 2.32 bits per heavy atom. The van der Waals surface area contributed by atoms with E-state index in [0.717, 1.165) is 0 Å². The van der Waals surface area contributed by atoms with Crippen LogP contribution in [0.2, 0.25) is 0 Å². The Balaban J connectivity index is 2.42. The lowest BCUT2D eigenvalue weighted by Crippen LogP contribution is -2.18. The summed E-state index contributed by atoms with van der Waals surface area (Å²) in [5.41, 5.74) is 0.470. The summed E-state index contributed by atoms with van der Waals surface area (Å²) >= 11 is 0. The minimum Gasteiger partial charge on any atom is -0.465 e. The SMILES string of the molecule is CCOC(=O)C(c1cccc(F)c1)c1n[nH]c(C)n1. The Kier molecular flexibility index (Phi) is 3.89. The van der Waals surface area contributed by atoms with Crippen molar-refractivity contribution in [3.8, 4) is 0 Å². The molecule has 100 valence electrons. The first-order valence-electron chi connectivity index (χ1n) is 5.92. The minimum atomic E-state index is -0.819. The molecule has 0 radical (unpaired) electrons. The quantitative estimate of drug-likeness (QED) is 0.856. The summed E-state index contributed by atoms with van der Waals surface area (Å²) in [4.78, 5) is 16.2. The Bertz CT molecular complexity index is 583. The third-order valence-electron chi connectivity index (χ3n) is 2.58. The monoisotopic (exact) mass is 263 g/mol. The van der Waals surface area contributed by atoms with E-state index in [1.54, 1.807) is 19.9 Å². The van der Waals surface area contributed by atoms with Crippen molar-refractivity contribution in [1.29, 1.82) is 0 Å². The number of halogens is 1. The van der Waals surface area contributed by atoms with Gasteiger partial charge in [0.05, 0.1) is 6.61 Å². The highest BCUT2D eigenvalue weighted by Gasteiger charge is 2.28. The first-order chi connectivity index (χ1) is 9.11. The molecule has 6 heteroatoms. The third-order valence-corrected chi connectivity index (χ3v) is 2.58. The molecule has 0 saturated heterocycles. The van der Waals surface area contributed by atoms with Gasteiger partial charge in [0.25, 0.3) is 0 Å². The first-order valence-corrected chi connectivity index (χ1v) is 5.92. The van der Waals surface area contributed by atoms with Crippen LogP contribution in [0.3, 0.4) is 0 Å². The van der Waals surface area contributed by atoms with Crippen molar-refractivity contribution in [3.05, 3.63) is 47.3 Å². The van der Waals surface area contributed by atoms with E-state index >= 15 is 0 Å². The summed E-state index contributed by atoms with van der Waals surface area (Å²) in [5.74, 6) is -0.867. The van der Waals surface area contributed by atoms with Crippen LogP contribution in [0.15, 0.2) is 24.3 Å². The average Bonchev–Trinajstić information content (AvgIpc) is 2.76. The van der Waals surface area contributed by atoms with Gasteiger partial charge in [-0.2, -0.15) is 5.10 Å². The van der Waals surface area contributed by atoms with Gasteiger partial charge in [-0.15, -0.1) is 0 Å². The number of nitrogens with zero attached hydrogens (tertiary/aromatic N) is 2. The number of nitrogens with one attached hydrogen (secondary N) is 1. The molecule has 2 rings (SSSR count). The summed E-state index contributed by atoms with van der Waals surface area (Å²) in [5, 5.41) is 6.63. The van der Waals surface area contributed by atoms with Gasteiger partial charge in [-0.25, -0.2) is 9.37 Å². The number of hydrogen-bond donors (Lipinski definition) is 1. The number of H-pyrrole nitrogens is 1. The molecule has 0 spiro atoms. The number of hydrogen-bond acceptors (Lipinski definition) is 4. The molecule has 19 heavy (non-hydrogen) atoms. The molecule has 5 nitrogen and oxygen atoms in total. The van der Waals surface area contributed by atoms with Crippen molar-refractivity contribution in [3.63, 3.8) is 0 Å². The zero-order valence-electron chi connectivity index (χ0n) is 10.7. The molecule has 0 aliphatic carbocycles. The highest BCUT2D eigenvalue weighted by Crippen LogP contribution is 2.24. The number of aromatic nitrogens is 3. The summed E-state index contributed by atoms with van der Waals surface area (Å²) in [7, 11) is 0. The number of ether oxygens (including phenoxy) is 1. The van der Waals surface area contributed by atoms with Crippen molar-refractivity contribution in [2.75, 3.05) is 6.61 Å². The maximum Gasteiger partial charge on any atom is 0.321 e. The normalized spacial score (nSPS) is 12.2. The second kappa shape index (κ2) is 5.60. The molecule has 1 aromatic carbocycles. The fourth-order valence-electron chi connectivity index (χ4n) is 1.79. The standard InChI is InChI=1S/C13H14FN3O2/c1-3-19-13(18)11(12-15-8(2)16-17-12)9-5-4-6-10(14)7-9/h4-7,11H,3H2,1-2H3,(H,15,16,17). The minimum absolute atomic E-state index is 0.244. The second-order valence-corrected chi connectivity index (χ2v) is 4.02. The fraction of sp³-hybridized carbons (Fsp3) is 0.308. The molecular weight excluding hydrogens is 249 g/mol. The average molecular weight is 263 g/mol. The van der Waals surface area contributed by atoms with Crippen LogP contribution in [0.25, 0.3) is 0 Å². The van der Waals surface area contributed by atoms with E-state index in [1.165, 1.54) is 18.2 Å². The Labute approximate surface area is 109 Å². The van der Waals surface area contributed by atoms with Crippen LogP contribution in [0, 0.1) is 12.7 Å². The summed E-state index contributed by atoms with van der Waals surface area (Å²) < 4.78 is 18.3. The van der Waals surface area contributed by atoms with Crippen molar-refractivity contribution in [2.24, 2.45) is 0 Å². The van der Waals surface area contributed by atoms with E-state index < -0.39 is 17.7 Å². The Hall–Kier alpha value is -2.24. The molecule has 0 saturated carbocycles. The van der Waals surface area contributed by atoms with Crippen LogP contribution in [-0.2, 0) is 9.53 Å². The number of benzene rings is 1.